The molecule has 54 heavy (non-hydrogen) atoms. The van der Waals surface area contributed by atoms with E-state index in [1.807, 2.05) is 0 Å². The predicted molar refractivity (Wildman–Crippen MR) is 217 cm³/mol. The van der Waals surface area contributed by atoms with E-state index in [9.17, 15) is 23.8 Å². The molecule has 0 bridgehead atoms. The van der Waals surface area contributed by atoms with E-state index in [2.05, 4.69) is 42.7 Å². The van der Waals surface area contributed by atoms with Crippen LogP contribution in [0.3, 0.4) is 0 Å². The van der Waals surface area contributed by atoms with Crippen molar-refractivity contribution in [2.75, 3.05) is 19.8 Å². The lowest BCUT2D eigenvalue weighted by Gasteiger charge is -2.20. The smallest absolute Gasteiger partial charge is 0.472 e. The number of rotatable bonds is 40. The second-order valence-electron chi connectivity index (χ2n) is 14.5. The first-order valence-electron chi connectivity index (χ1n) is 21.4. The van der Waals surface area contributed by atoms with Gasteiger partial charge in [-0.25, -0.2) is 4.57 Å². The van der Waals surface area contributed by atoms with Crippen LogP contribution in [0.5, 0.6) is 0 Å². The number of carbonyl (C=O) groups excluding carboxylic acids is 2. The van der Waals surface area contributed by atoms with Gasteiger partial charge in [-0.15, -0.1) is 0 Å². The van der Waals surface area contributed by atoms with Crippen molar-refractivity contribution in [3.63, 3.8) is 0 Å². The molecule has 0 rings (SSSR count). The van der Waals surface area contributed by atoms with E-state index in [0.29, 0.717) is 12.8 Å². The summed E-state index contributed by atoms with van der Waals surface area (Å²) in [7, 11) is -4.71. The van der Waals surface area contributed by atoms with Crippen molar-refractivity contribution >= 4 is 25.7 Å². The van der Waals surface area contributed by atoms with E-state index in [1.54, 1.807) is 0 Å². The third-order valence-electron chi connectivity index (χ3n) is 9.20. The Kier molecular flexibility index (Phi) is 36.4. The van der Waals surface area contributed by atoms with E-state index in [4.69, 9.17) is 24.8 Å². The highest BCUT2D eigenvalue weighted by atomic mass is 31.2. The van der Waals surface area contributed by atoms with Gasteiger partial charge in [0, 0.05) is 12.8 Å². The molecule has 0 saturated carbocycles. The first kappa shape index (κ1) is 52.0. The van der Waals surface area contributed by atoms with Crippen molar-refractivity contribution < 1.29 is 47.5 Å². The number of carboxylic acids is 1. The lowest BCUT2D eigenvalue weighted by molar-refractivity contribution is -0.161. The van der Waals surface area contributed by atoms with Gasteiger partial charge in [0.05, 0.1) is 13.2 Å². The van der Waals surface area contributed by atoms with E-state index in [1.165, 1.54) is 89.9 Å². The van der Waals surface area contributed by atoms with Gasteiger partial charge in [-0.1, -0.05) is 160 Å². The summed E-state index contributed by atoms with van der Waals surface area (Å²) >= 11 is 0. The fraction of sp³-hybridized carbons (Fsp3) is 0.833. The highest BCUT2D eigenvalue weighted by molar-refractivity contribution is 7.47. The second kappa shape index (κ2) is 37.9. The van der Waals surface area contributed by atoms with Crippen LogP contribution in [0.2, 0.25) is 0 Å². The zero-order valence-electron chi connectivity index (χ0n) is 34.1. The van der Waals surface area contributed by atoms with Gasteiger partial charge < -0.3 is 25.2 Å². The van der Waals surface area contributed by atoms with Crippen molar-refractivity contribution in [1.29, 1.82) is 0 Å². The molecule has 0 aliphatic heterocycles. The number of phosphoric acid groups is 1. The van der Waals surface area contributed by atoms with Crippen LogP contribution in [-0.2, 0) is 37.5 Å². The maximum absolute atomic E-state index is 12.6. The van der Waals surface area contributed by atoms with Gasteiger partial charge in [0.1, 0.15) is 12.6 Å². The van der Waals surface area contributed by atoms with Gasteiger partial charge in [-0.05, 0) is 44.9 Å². The van der Waals surface area contributed by atoms with Gasteiger partial charge in [-0.3, -0.25) is 23.4 Å². The molecule has 0 aromatic carbocycles. The summed E-state index contributed by atoms with van der Waals surface area (Å²) in [6, 6.07) is -1.52. The number of aliphatic carboxylic acids is 1. The van der Waals surface area contributed by atoms with Crippen LogP contribution < -0.4 is 5.73 Å². The SMILES string of the molecule is CCCCC/C=C\C/C=C\CCCCCCCC(=O)OC[C@H](COP(=O)(O)OC[C@H](N)C(=O)O)OC(=O)CCCCCCCCCCCCCCCCC. The summed E-state index contributed by atoms with van der Waals surface area (Å²) in [5, 5.41) is 8.88. The Labute approximate surface area is 328 Å². The Hall–Kier alpha value is -2.04. The lowest BCUT2D eigenvalue weighted by atomic mass is 10.0. The van der Waals surface area contributed by atoms with Crippen LogP contribution in [0.1, 0.15) is 194 Å². The molecule has 1 unspecified atom stereocenters. The first-order chi connectivity index (χ1) is 26.1. The molecule has 0 aromatic rings. The Balaban J connectivity index is 4.38. The molecule has 0 fully saturated rings. The minimum Gasteiger partial charge on any atom is -0.480 e. The summed E-state index contributed by atoms with van der Waals surface area (Å²) in [5.41, 5.74) is 5.33. The number of carbonyl (C=O) groups is 3. The van der Waals surface area contributed by atoms with Crippen molar-refractivity contribution in [2.45, 2.75) is 206 Å². The molecule has 0 aliphatic carbocycles. The third kappa shape index (κ3) is 36.9. The minimum atomic E-state index is -4.71. The third-order valence-corrected chi connectivity index (χ3v) is 10.2. The predicted octanol–water partition coefficient (Wildman–Crippen LogP) is 11.1. The number of hydrogen-bond acceptors (Lipinski definition) is 9. The summed E-state index contributed by atoms with van der Waals surface area (Å²) < 4.78 is 32.7. The number of carboxylic acid groups (broad SMARTS) is 1. The molecule has 12 heteroatoms. The first-order valence-corrected chi connectivity index (χ1v) is 22.9. The average Bonchev–Trinajstić information content (AvgIpc) is 3.14. The Bertz CT molecular complexity index is 1020. The summed E-state index contributed by atoms with van der Waals surface area (Å²) in [6.45, 7) is 2.77. The number of unbranched alkanes of at least 4 members (excludes halogenated alkanes) is 22. The zero-order valence-corrected chi connectivity index (χ0v) is 35.0. The van der Waals surface area contributed by atoms with Crippen LogP contribution in [0.25, 0.3) is 0 Å². The van der Waals surface area contributed by atoms with Gasteiger partial charge in [0.25, 0.3) is 0 Å². The Morgan fingerprint density at radius 1 is 0.574 bits per heavy atom. The molecule has 0 spiro atoms. The van der Waals surface area contributed by atoms with Gasteiger partial charge in [0.2, 0.25) is 0 Å². The van der Waals surface area contributed by atoms with Gasteiger partial charge in [0.15, 0.2) is 6.10 Å². The molecule has 0 heterocycles. The summed E-state index contributed by atoms with van der Waals surface area (Å²) in [6.07, 6.45) is 38.1. The second-order valence-corrected chi connectivity index (χ2v) is 15.9. The molecule has 11 nitrogen and oxygen atoms in total. The quantitative estimate of drug-likeness (QED) is 0.0233. The molecule has 0 aromatic heterocycles. The Morgan fingerprint density at radius 2 is 0.981 bits per heavy atom. The van der Waals surface area contributed by atoms with Crippen molar-refractivity contribution in [3.8, 4) is 0 Å². The Morgan fingerprint density at radius 3 is 1.48 bits per heavy atom. The normalized spacial score (nSPS) is 14.0. The number of nitrogens with two attached hydrogens (primary N) is 1. The largest absolute Gasteiger partial charge is 0.480 e. The molecule has 316 valence electrons. The van der Waals surface area contributed by atoms with Crippen LogP contribution in [0.15, 0.2) is 24.3 Å². The molecule has 0 amide bonds. The lowest BCUT2D eigenvalue weighted by Crippen LogP contribution is -2.34. The number of phosphoric ester groups is 1. The summed E-state index contributed by atoms with van der Waals surface area (Å²) in [5.74, 6) is -2.39. The van der Waals surface area contributed by atoms with Crippen molar-refractivity contribution in [1.82, 2.24) is 0 Å². The fourth-order valence-electron chi connectivity index (χ4n) is 5.80. The molecule has 4 N–H and O–H groups in total. The molecule has 0 aliphatic rings. The maximum Gasteiger partial charge on any atom is 0.472 e. The van der Waals surface area contributed by atoms with E-state index in [0.717, 1.165) is 64.2 Å². The van der Waals surface area contributed by atoms with Crippen LogP contribution >= 0.6 is 7.82 Å². The van der Waals surface area contributed by atoms with E-state index < -0.39 is 51.1 Å². The van der Waals surface area contributed by atoms with Crippen LogP contribution in [-0.4, -0.2) is 59.9 Å². The zero-order chi connectivity index (χ0) is 40.0. The number of ether oxygens (including phenoxy) is 2. The summed E-state index contributed by atoms with van der Waals surface area (Å²) in [4.78, 5) is 45.9. The molecule has 3 atom stereocenters. The van der Waals surface area contributed by atoms with Gasteiger partial charge in [-0.2, -0.15) is 0 Å². The molecular weight excluding hydrogens is 709 g/mol. The van der Waals surface area contributed by atoms with Crippen molar-refractivity contribution in [2.24, 2.45) is 5.73 Å². The monoisotopic (exact) mass is 788 g/mol. The minimum absolute atomic E-state index is 0.162. The average molecular weight is 788 g/mol. The number of hydrogen-bond donors (Lipinski definition) is 3. The van der Waals surface area contributed by atoms with Crippen LogP contribution in [0, 0.1) is 0 Å². The molecule has 0 radical (unpaired) electrons. The molecular formula is C42H78NO10P. The van der Waals surface area contributed by atoms with E-state index >= 15 is 0 Å². The fourth-order valence-corrected chi connectivity index (χ4v) is 6.58. The maximum atomic E-state index is 12.6. The van der Waals surface area contributed by atoms with Crippen molar-refractivity contribution in [3.05, 3.63) is 24.3 Å². The van der Waals surface area contributed by atoms with E-state index in [-0.39, 0.29) is 19.4 Å². The van der Waals surface area contributed by atoms with Gasteiger partial charge >= 0.3 is 25.7 Å². The highest BCUT2D eigenvalue weighted by Crippen LogP contribution is 2.43. The topological polar surface area (TPSA) is 172 Å². The molecule has 0 saturated heterocycles. The number of esters is 2. The standard InChI is InChI=1S/C42H78NO10P/c1-3-5-7-9-11-13-15-17-19-21-23-25-27-29-31-33-40(44)50-35-38(36-51-54(48,49)52-37-39(43)42(46)47)53-41(45)34-32-30-28-26-24-22-20-18-16-14-12-10-8-6-4-2/h11,13,17,19,38-39H,3-10,12,14-16,18,20-37,43H2,1-2H3,(H,46,47)(H,48,49)/b13-11-,19-17-/t38-,39+/m1/s1. The number of allylic oxidation sites excluding steroid dienone is 4. The van der Waals surface area contributed by atoms with Crippen LogP contribution in [0.4, 0.5) is 0 Å². The highest BCUT2D eigenvalue weighted by Gasteiger charge is 2.28.